The van der Waals surface area contributed by atoms with E-state index in [-0.39, 0.29) is 49.9 Å². The largest absolute Gasteiger partial charge is 0.508 e. The van der Waals surface area contributed by atoms with Gasteiger partial charge < -0.3 is 48.5 Å². The number of nitrogens with two attached hydrogens (primary N) is 3. The van der Waals surface area contributed by atoms with Gasteiger partial charge in [0.25, 0.3) is 0 Å². The van der Waals surface area contributed by atoms with Crippen LogP contribution in [0.5, 0.6) is 5.75 Å². The molecule has 4 unspecified atom stereocenters. The summed E-state index contributed by atoms with van der Waals surface area (Å²) < 4.78 is 0. The Balaban J connectivity index is 3.13. The van der Waals surface area contributed by atoms with Crippen LogP contribution in [0.25, 0.3) is 0 Å². The number of carbonyl (C=O) groups excluding carboxylic acids is 3. The molecule has 0 saturated carbocycles. The summed E-state index contributed by atoms with van der Waals surface area (Å²) in [6.45, 7) is 3.88. The molecule has 15 heteroatoms. The van der Waals surface area contributed by atoms with Gasteiger partial charge in [-0.25, -0.2) is 4.79 Å². The van der Waals surface area contributed by atoms with Crippen LogP contribution < -0.4 is 33.2 Å². The molecule has 0 aliphatic rings. The fourth-order valence-electron chi connectivity index (χ4n) is 3.81. The van der Waals surface area contributed by atoms with Crippen LogP contribution in [0, 0.1) is 5.92 Å². The predicted octanol–water partition coefficient (Wildman–Crippen LogP) is -1.23. The molecular weight excluding hydrogens is 538 g/mol. The maximum Gasteiger partial charge on any atom is 0.326 e. The van der Waals surface area contributed by atoms with Crippen LogP contribution in [0.1, 0.15) is 51.5 Å². The number of carboxylic acid groups (broad SMARTS) is 2. The fraction of sp³-hybridized carbons (Fsp3) is 0.538. The van der Waals surface area contributed by atoms with E-state index >= 15 is 0 Å². The summed E-state index contributed by atoms with van der Waals surface area (Å²) >= 11 is 0. The van der Waals surface area contributed by atoms with Gasteiger partial charge in [-0.1, -0.05) is 26.0 Å². The zero-order valence-corrected chi connectivity index (χ0v) is 23.2. The van der Waals surface area contributed by atoms with Crippen molar-refractivity contribution in [3.8, 4) is 5.75 Å². The molecule has 1 rings (SSSR count). The molecule has 0 fully saturated rings. The summed E-state index contributed by atoms with van der Waals surface area (Å²) in [5, 5.41) is 35.6. The summed E-state index contributed by atoms with van der Waals surface area (Å²) in [6.07, 6.45) is -0.358. The smallest absolute Gasteiger partial charge is 0.326 e. The number of hydrogen-bond donors (Lipinski definition) is 9. The van der Waals surface area contributed by atoms with Crippen LogP contribution in [0.4, 0.5) is 0 Å². The molecule has 3 amide bonds. The summed E-state index contributed by atoms with van der Waals surface area (Å²) in [4.78, 5) is 65.8. The number of amides is 3. The number of hydrogen-bond acceptors (Lipinski definition) is 8. The van der Waals surface area contributed by atoms with Crippen molar-refractivity contribution >= 4 is 35.6 Å². The lowest BCUT2D eigenvalue weighted by molar-refractivity contribution is -0.143. The molecule has 0 aliphatic heterocycles. The molecule has 1 aromatic carbocycles. The first-order valence-corrected chi connectivity index (χ1v) is 13.1. The van der Waals surface area contributed by atoms with Crippen LogP contribution in [0.15, 0.2) is 29.3 Å². The number of phenolic OH excluding ortho intramolecular Hbond substituents is 1. The van der Waals surface area contributed by atoms with Crippen molar-refractivity contribution < 1.29 is 39.3 Å². The van der Waals surface area contributed by atoms with Crippen molar-refractivity contribution in [3.05, 3.63) is 29.8 Å². The minimum Gasteiger partial charge on any atom is -0.508 e. The van der Waals surface area contributed by atoms with Gasteiger partial charge in [0.05, 0.1) is 6.04 Å². The van der Waals surface area contributed by atoms with Gasteiger partial charge in [-0.05, 0) is 49.3 Å². The van der Waals surface area contributed by atoms with Gasteiger partial charge in [-0.15, -0.1) is 0 Å². The normalized spacial score (nSPS) is 13.8. The zero-order valence-electron chi connectivity index (χ0n) is 23.2. The molecule has 0 heterocycles. The highest BCUT2D eigenvalue weighted by molar-refractivity contribution is 5.94. The van der Waals surface area contributed by atoms with Crippen LogP contribution in [0.2, 0.25) is 0 Å². The van der Waals surface area contributed by atoms with Crippen molar-refractivity contribution in [1.82, 2.24) is 16.0 Å². The first kappa shape index (κ1) is 34.6. The zero-order chi connectivity index (χ0) is 31.1. The first-order chi connectivity index (χ1) is 19.2. The van der Waals surface area contributed by atoms with Crippen molar-refractivity contribution in [2.24, 2.45) is 28.1 Å². The molecule has 0 aliphatic carbocycles. The highest BCUT2D eigenvalue weighted by Crippen LogP contribution is 2.13. The van der Waals surface area contributed by atoms with E-state index in [4.69, 9.17) is 22.3 Å². The number of carbonyl (C=O) groups is 5. The summed E-state index contributed by atoms with van der Waals surface area (Å²) in [5.41, 5.74) is 17.0. The Morgan fingerprint density at radius 2 is 1.41 bits per heavy atom. The van der Waals surface area contributed by atoms with Crippen molar-refractivity contribution in [3.63, 3.8) is 0 Å². The number of rotatable bonds is 18. The molecule has 1 aromatic rings. The SMILES string of the molecule is CC(C)CC(N)C(=O)NC(Cc1ccc(O)cc1)C(=O)NC(CCC(=O)O)C(=O)NC(CCCN=C(N)N)C(=O)O. The van der Waals surface area contributed by atoms with E-state index in [1.165, 1.54) is 12.1 Å². The molecule has 15 nitrogen and oxygen atoms in total. The number of guanidine groups is 1. The Bertz CT molecular complexity index is 1070. The molecule has 0 saturated heterocycles. The summed E-state index contributed by atoms with van der Waals surface area (Å²) in [7, 11) is 0. The topological polar surface area (TPSA) is 273 Å². The Morgan fingerprint density at radius 3 is 1.95 bits per heavy atom. The molecule has 228 valence electrons. The lowest BCUT2D eigenvalue weighted by atomic mass is 10.0. The second-order valence-corrected chi connectivity index (χ2v) is 10.0. The van der Waals surface area contributed by atoms with Gasteiger partial charge in [-0.2, -0.15) is 0 Å². The highest BCUT2D eigenvalue weighted by atomic mass is 16.4. The van der Waals surface area contributed by atoms with Crippen LogP contribution >= 0.6 is 0 Å². The van der Waals surface area contributed by atoms with Crippen molar-refractivity contribution in [1.29, 1.82) is 0 Å². The number of aliphatic carboxylic acids is 2. The second kappa shape index (κ2) is 17.3. The fourth-order valence-corrected chi connectivity index (χ4v) is 3.81. The van der Waals surface area contributed by atoms with Crippen LogP contribution in [-0.2, 0) is 30.4 Å². The van der Waals surface area contributed by atoms with Gasteiger partial charge in [0.2, 0.25) is 17.7 Å². The Morgan fingerprint density at radius 1 is 0.854 bits per heavy atom. The van der Waals surface area contributed by atoms with Gasteiger partial charge >= 0.3 is 11.9 Å². The quantitative estimate of drug-likeness (QED) is 0.0564. The third-order valence-electron chi connectivity index (χ3n) is 5.91. The highest BCUT2D eigenvalue weighted by Gasteiger charge is 2.31. The lowest BCUT2D eigenvalue weighted by Crippen LogP contribution is -2.57. The molecule has 0 bridgehead atoms. The molecule has 41 heavy (non-hydrogen) atoms. The Kier molecular flexibility index (Phi) is 14.6. The number of phenols is 1. The Labute approximate surface area is 237 Å². The number of aromatic hydroxyl groups is 1. The van der Waals surface area contributed by atoms with Crippen molar-refractivity contribution in [2.75, 3.05) is 6.54 Å². The average molecular weight is 580 g/mol. The number of carboxylic acids is 2. The van der Waals surface area contributed by atoms with E-state index in [2.05, 4.69) is 20.9 Å². The van der Waals surface area contributed by atoms with Crippen LogP contribution in [0.3, 0.4) is 0 Å². The van der Waals surface area contributed by atoms with Crippen LogP contribution in [-0.4, -0.2) is 81.7 Å². The minimum atomic E-state index is -1.43. The van der Waals surface area contributed by atoms with E-state index in [0.29, 0.717) is 12.0 Å². The van der Waals surface area contributed by atoms with Gasteiger partial charge in [-0.3, -0.25) is 24.2 Å². The van der Waals surface area contributed by atoms with Gasteiger partial charge in [0, 0.05) is 19.4 Å². The molecule has 4 atom stereocenters. The minimum absolute atomic E-state index is 0.00516. The maximum absolute atomic E-state index is 13.4. The van der Waals surface area contributed by atoms with E-state index in [0.717, 1.165) is 0 Å². The number of nitrogens with zero attached hydrogens (tertiary/aromatic N) is 1. The summed E-state index contributed by atoms with van der Waals surface area (Å²) in [5.74, 6) is -4.98. The first-order valence-electron chi connectivity index (χ1n) is 13.1. The van der Waals surface area contributed by atoms with Gasteiger partial charge in [0.1, 0.15) is 23.9 Å². The lowest BCUT2D eigenvalue weighted by Gasteiger charge is -2.25. The van der Waals surface area contributed by atoms with E-state index in [1.807, 2.05) is 13.8 Å². The van der Waals surface area contributed by atoms with E-state index in [1.54, 1.807) is 12.1 Å². The van der Waals surface area contributed by atoms with Crippen molar-refractivity contribution in [2.45, 2.75) is 76.5 Å². The number of nitrogens with one attached hydrogen (secondary N) is 3. The average Bonchev–Trinajstić information content (AvgIpc) is 2.87. The van der Waals surface area contributed by atoms with E-state index < -0.39 is 60.2 Å². The maximum atomic E-state index is 13.4. The monoisotopic (exact) mass is 579 g/mol. The van der Waals surface area contributed by atoms with Gasteiger partial charge in [0.15, 0.2) is 5.96 Å². The molecule has 0 aromatic heterocycles. The molecule has 0 radical (unpaired) electrons. The molecule has 12 N–H and O–H groups in total. The molecular formula is C26H41N7O8. The standard InChI is InChI=1S/C26H41N7O8/c1-14(2)12-17(27)22(37)33-20(13-15-5-7-16(34)8-6-15)24(39)31-18(9-10-21(35)36)23(38)32-19(25(40)41)4-3-11-30-26(28)29/h5-8,14,17-20,34H,3-4,9-13,27H2,1-2H3,(H,31,39)(H,32,38)(H,33,37)(H,35,36)(H,40,41)(H4,28,29,30). The third kappa shape index (κ3) is 14.0. The summed E-state index contributed by atoms with van der Waals surface area (Å²) in [6, 6.07) is 0.975. The predicted molar refractivity (Wildman–Crippen MR) is 149 cm³/mol. The number of benzene rings is 1. The number of aliphatic imine (C=N–C) groups is 1. The molecule has 0 spiro atoms. The van der Waals surface area contributed by atoms with E-state index in [9.17, 15) is 34.2 Å². The Hall–Kier alpha value is -4.40. The third-order valence-corrected chi connectivity index (χ3v) is 5.91. The second-order valence-electron chi connectivity index (χ2n) is 10.0.